The SMILES string of the molecule is CN(C(=O)c1cc(Br)cc([N+](=O)[O-])c1)C(C)(C)C(=O)O. The van der Waals surface area contributed by atoms with E-state index in [0.717, 1.165) is 11.0 Å². The van der Waals surface area contributed by atoms with Crippen molar-refractivity contribution in [3.63, 3.8) is 0 Å². The van der Waals surface area contributed by atoms with E-state index in [-0.39, 0.29) is 11.3 Å². The van der Waals surface area contributed by atoms with Gasteiger partial charge in [-0.2, -0.15) is 0 Å². The largest absolute Gasteiger partial charge is 0.480 e. The molecule has 0 atom stereocenters. The van der Waals surface area contributed by atoms with Crippen molar-refractivity contribution in [2.24, 2.45) is 0 Å². The number of nitro groups is 1. The molecule has 1 aromatic carbocycles. The second kappa shape index (κ2) is 5.58. The third kappa shape index (κ3) is 3.13. The van der Waals surface area contributed by atoms with Crippen LogP contribution in [0.25, 0.3) is 0 Å². The molecule has 1 N–H and O–H groups in total. The molecule has 0 saturated carbocycles. The lowest BCUT2D eigenvalue weighted by molar-refractivity contribution is -0.385. The van der Waals surface area contributed by atoms with E-state index in [2.05, 4.69) is 15.9 Å². The lowest BCUT2D eigenvalue weighted by Gasteiger charge is -2.31. The monoisotopic (exact) mass is 344 g/mol. The number of likely N-dealkylation sites (N-methyl/N-ethyl adjacent to an activating group) is 1. The zero-order valence-corrected chi connectivity index (χ0v) is 12.7. The Morgan fingerprint density at radius 1 is 1.35 bits per heavy atom. The Morgan fingerprint density at radius 2 is 1.90 bits per heavy atom. The lowest BCUT2D eigenvalue weighted by atomic mass is 10.0. The Bertz CT molecular complexity index is 585. The normalized spacial score (nSPS) is 11.0. The van der Waals surface area contributed by atoms with Gasteiger partial charge >= 0.3 is 5.97 Å². The highest BCUT2D eigenvalue weighted by molar-refractivity contribution is 9.10. The standard InChI is InChI=1S/C12H13BrN2O5/c1-12(2,11(17)18)14(3)10(16)7-4-8(13)6-9(5-7)15(19)20/h4-6H,1-3H3,(H,17,18). The van der Waals surface area contributed by atoms with Crippen LogP contribution in [0.3, 0.4) is 0 Å². The minimum Gasteiger partial charge on any atom is -0.480 e. The highest BCUT2D eigenvalue weighted by Crippen LogP contribution is 2.24. The van der Waals surface area contributed by atoms with Gasteiger partial charge in [0.1, 0.15) is 5.54 Å². The van der Waals surface area contributed by atoms with Gasteiger partial charge in [0, 0.05) is 29.2 Å². The van der Waals surface area contributed by atoms with Gasteiger partial charge in [-0.1, -0.05) is 15.9 Å². The summed E-state index contributed by atoms with van der Waals surface area (Å²) in [6.07, 6.45) is 0. The lowest BCUT2D eigenvalue weighted by Crippen LogP contribution is -2.50. The molecular formula is C12H13BrN2O5. The summed E-state index contributed by atoms with van der Waals surface area (Å²) in [5, 5.41) is 19.9. The van der Waals surface area contributed by atoms with Gasteiger partial charge in [-0.3, -0.25) is 14.9 Å². The van der Waals surface area contributed by atoms with E-state index < -0.39 is 22.3 Å². The second-order valence-corrected chi connectivity index (χ2v) is 5.60. The fourth-order valence-corrected chi connectivity index (χ4v) is 1.88. The molecule has 0 heterocycles. The summed E-state index contributed by atoms with van der Waals surface area (Å²) >= 11 is 3.09. The van der Waals surface area contributed by atoms with E-state index in [0.29, 0.717) is 4.47 Å². The second-order valence-electron chi connectivity index (χ2n) is 4.68. The van der Waals surface area contributed by atoms with Crippen molar-refractivity contribution in [1.82, 2.24) is 4.90 Å². The molecule has 0 aliphatic carbocycles. The molecule has 8 heteroatoms. The highest BCUT2D eigenvalue weighted by atomic mass is 79.9. The predicted molar refractivity (Wildman–Crippen MR) is 74.6 cm³/mol. The molecule has 1 rings (SSSR count). The number of aliphatic carboxylic acids is 1. The molecule has 1 amide bonds. The third-order valence-electron chi connectivity index (χ3n) is 3.01. The van der Waals surface area contributed by atoms with Crippen molar-refractivity contribution >= 4 is 33.5 Å². The topological polar surface area (TPSA) is 101 Å². The van der Waals surface area contributed by atoms with Gasteiger partial charge in [-0.05, 0) is 19.9 Å². The quantitative estimate of drug-likeness (QED) is 0.666. The molecule has 0 aliphatic rings. The van der Waals surface area contributed by atoms with Crippen LogP contribution in [0.15, 0.2) is 22.7 Å². The summed E-state index contributed by atoms with van der Waals surface area (Å²) in [5.41, 5.74) is -1.62. The number of nitro benzene ring substituents is 1. The van der Waals surface area contributed by atoms with E-state index in [1.54, 1.807) is 0 Å². The van der Waals surface area contributed by atoms with Crippen molar-refractivity contribution in [3.8, 4) is 0 Å². The first-order chi connectivity index (χ1) is 9.07. The average molecular weight is 345 g/mol. The number of hydrogen-bond acceptors (Lipinski definition) is 4. The van der Waals surface area contributed by atoms with Gasteiger partial charge in [-0.15, -0.1) is 0 Å². The molecule has 7 nitrogen and oxygen atoms in total. The Hall–Kier alpha value is -1.96. The summed E-state index contributed by atoms with van der Waals surface area (Å²) in [5.74, 6) is -1.78. The summed E-state index contributed by atoms with van der Waals surface area (Å²) in [4.78, 5) is 34.5. The Morgan fingerprint density at radius 3 is 2.35 bits per heavy atom. The van der Waals surface area contributed by atoms with Crippen molar-refractivity contribution in [2.45, 2.75) is 19.4 Å². The van der Waals surface area contributed by atoms with Crippen LogP contribution in [-0.4, -0.2) is 39.4 Å². The molecule has 0 spiro atoms. The van der Waals surface area contributed by atoms with Crippen LogP contribution in [0.5, 0.6) is 0 Å². The molecule has 0 fully saturated rings. The fourth-order valence-electron chi connectivity index (χ4n) is 1.39. The van der Waals surface area contributed by atoms with Gasteiger partial charge in [0.25, 0.3) is 11.6 Å². The number of rotatable bonds is 4. The summed E-state index contributed by atoms with van der Waals surface area (Å²) in [6, 6.07) is 3.78. The van der Waals surface area contributed by atoms with Crippen LogP contribution in [-0.2, 0) is 4.79 Å². The highest BCUT2D eigenvalue weighted by Gasteiger charge is 2.36. The molecule has 0 bridgehead atoms. The van der Waals surface area contributed by atoms with E-state index in [1.165, 1.54) is 33.0 Å². The van der Waals surface area contributed by atoms with Crippen molar-refractivity contribution < 1.29 is 19.6 Å². The number of carboxylic acids is 1. The predicted octanol–water partition coefficient (Wildman–Crippen LogP) is 2.29. The number of amides is 1. The third-order valence-corrected chi connectivity index (χ3v) is 3.46. The molecule has 0 saturated heterocycles. The number of carboxylic acid groups (broad SMARTS) is 1. The Balaban J connectivity index is 3.22. The van der Waals surface area contributed by atoms with E-state index in [1.807, 2.05) is 0 Å². The molecule has 0 radical (unpaired) electrons. The minimum atomic E-state index is -1.42. The van der Waals surface area contributed by atoms with E-state index in [4.69, 9.17) is 5.11 Å². The molecule has 1 aromatic rings. The maximum Gasteiger partial charge on any atom is 0.329 e. The zero-order chi connectivity index (χ0) is 15.7. The number of non-ortho nitro benzene ring substituents is 1. The molecule has 0 aromatic heterocycles. The molecule has 20 heavy (non-hydrogen) atoms. The molecule has 0 unspecified atom stereocenters. The molecule has 108 valence electrons. The Labute approximate surface area is 123 Å². The first-order valence-corrected chi connectivity index (χ1v) is 6.33. The molecule has 0 aliphatic heterocycles. The van der Waals surface area contributed by atoms with Crippen LogP contribution in [0.4, 0.5) is 5.69 Å². The summed E-state index contributed by atoms with van der Waals surface area (Å²) < 4.78 is 0.372. The number of carbonyl (C=O) groups excluding carboxylic acids is 1. The minimum absolute atomic E-state index is 0.0444. The number of benzene rings is 1. The van der Waals surface area contributed by atoms with Crippen LogP contribution in [0.1, 0.15) is 24.2 Å². The average Bonchev–Trinajstić information content (AvgIpc) is 2.35. The first-order valence-electron chi connectivity index (χ1n) is 5.54. The smallest absolute Gasteiger partial charge is 0.329 e. The van der Waals surface area contributed by atoms with Gasteiger partial charge in [0.05, 0.1) is 4.92 Å². The maximum absolute atomic E-state index is 12.2. The van der Waals surface area contributed by atoms with Crippen molar-refractivity contribution in [2.75, 3.05) is 7.05 Å². The zero-order valence-electron chi connectivity index (χ0n) is 11.1. The number of hydrogen-bond donors (Lipinski definition) is 1. The van der Waals surface area contributed by atoms with Gasteiger partial charge in [0.15, 0.2) is 0 Å². The summed E-state index contributed by atoms with van der Waals surface area (Å²) in [7, 11) is 1.34. The van der Waals surface area contributed by atoms with Crippen LogP contribution in [0.2, 0.25) is 0 Å². The van der Waals surface area contributed by atoms with E-state index in [9.17, 15) is 19.7 Å². The van der Waals surface area contributed by atoms with Gasteiger partial charge in [0.2, 0.25) is 0 Å². The van der Waals surface area contributed by atoms with E-state index >= 15 is 0 Å². The molecular weight excluding hydrogens is 332 g/mol. The first kappa shape index (κ1) is 16.1. The van der Waals surface area contributed by atoms with Crippen LogP contribution >= 0.6 is 15.9 Å². The summed E-state index contributed by atoms with van der Waals surface area (Å²) in [6.45, 7) is 2.75. The maximum atomic E-state index is 12.2. The number of halogens is 1. The Kier molecular flexibility index (Phi) is 4.49. The van der Waals surface area contributed by atoms with Crippen LogP contribution in [0, 0.1) is 10.1 Å². The fraction of sp³-hybridized carbons (Fsp3) is 0.333. The number of nitrogens with zero attached hydrogens (tertiary/aromatic N) is 2. The van der Waals surface area contributed by atoms with Gasteiger partial charge in [-0.25, -0.2) is 4.79 Å². The van der Waals surface area contributed by atoms with Crippen molar-refractivity contribution in [3.05, 3.63) is 38.3 Å². The van der Waals surface area contributed by atoms with Crippen LogP contribution < -0.4 is 0 Å². The number of carbonyl (C=O) groups is 2. The van der Waals surface area contributed by atoms with Crippen molar-refractivity contribution in [1.29, 1.82) is 0 Å². The van der Waals surface area contributed by atoms with Gasteiger partial charge < -0.3 is 10.0 Å².